The molecular formula is C17H25ClFN. The molecule has 0 unspecified atom stereocenters. The van der Waals surface area contributed by atoms with Crippen LogP contribution in [0.25, 0.3) is 0 Å². The van der Waals surface area contributed by atoms with Crippen LogP contribution < -0.4 is 4.90 Å². The maximum atomic E-state index is 14.4. The van der Waals surface area contributed by atoms with Gasteiger partial charge in [0.1, 0.15) is 5.82 Å². The van der Waals surface area contributed by atoms with Crippen molar-refractivity contribution in [2.45, 2.75) is 57.9 Å². The summed E-state index contributed by atoms with van der Waals surface area (Å²) in [5.74, 6) is 0.884. The van der Waals surface area contributed by atoms with E-state index in [4.69, 9.17) is 11.6 Å². The predicted molar refractivity (Wildman–Crippen MR) is 85.0 cm³/mol. The molecule has 1 aliphatic carbocycles. The van der Waals surface area contributed by atoms with Gasteiger partial charge in [0, 0.05) is 18.5 Å². The van der Waals surface area contributed by atoms with Crippen LogP contribution in [-0.2, 0) is 5.88 Å². The molecule has 2 rings (SSSR count). The Morgan fingerprint density at radius 3 is 2.55 bits per heavy atom. The lowest BCUT2D eigenvalue weighted by atomic mass is 10.1. The van der Waals surface area contributed by atoms with Crippen molar-refractivity contribution >= 4 is 17.3 Å². The van der Waals surface area contributed by atoms with Gasteiger partial charge in [-0.25, -0.2) is 4.39 Å². The molecule has 1 nitrogen and oxygen atoms in total. The van der Waals surface area contributed by atoms with Crippen molar-refractivity contribution in [1.82, 2.24) is 0 Å². The lowest BCUT2D eigenvalue weighted by Gasteiger charge is -2.32. The van der Waals surface area contributed by atoms with Crippen molar-refractivity contribution in [3.05, 3.63) is 29.6 Å². The minimum absolute atomic E-state index is 0.126. The van der Waals surface area contributed by atoms with Crippen LogP contribution in [-0.4, -0.2) is 12.6 Å². The topological polar surface area (TPSA) is 3.24 Å². The van der Waals surface area contributed by atoms with E-state index in [1.165, 1.54) is 25.7 Å². The van der Waals surface area contributed by atoms with Gasteiger partial charge in [0.15, 0.2) is 0 Å². The van der Waals surface area contributed by atoms with Crippen molar-refractivity contribution in [2.75, 3.05) is 11.4 Å². The highest BCUT2D eigenvalue weighted by Gasteiger charge is 2.24. The molecule has 0 bridgehead atoms. The second-order valence-electron chi connectivity index (χ2n) is 6.23. The number of nitrogens with zero attached hydrogens (tertiary/aromatic N) is 1. The first kappa shape index (κ1) is 15.6. The molecule has 0 atom stereocenters. The van der Waals surface area contributed by atoms with Crippen LogP contribution in [0.15, 0.2) is 18.2 Å². The fourth-order valence-electron chi connectivity index (χ4n) is 2.98. The zero-order chi connectivity index (χ0) is 14.5. The van der Waals surface area contributed by atoms with Crippen molar-refractivity contribution in [3.8, 4) is 0 Å². The van der Waals surface area contributed by atoms with Gasteiger partial charge >= 0.3 is 0 Å². The van der Waals surface area contributed by atoms with Crippen molar-refractivity contribution in [1.29, 1.82) is 0 Å². The highest BCUT2D eigenvalue weighted by molar-refractivity contribution is 6.17. The van der Waals surface area contributed by atoms with Crippen LogP contribution >= 0.6 is 11.6 Å². The summed E-state index contributed by atoms with van der Waals surface area (Å²) in [4.78, 5) is 2.29. The number of alkyl halides is 1. The Morgan fingerprint density at radius 2 is 2.00 bits per heavy atom. The van der Waals surface area contributed by atoms with Gasteiger partial charge in [0.2, 0.25) is 0 Å². The van der Waals surface area contributed by atoms with E-state index in [2.05, 4.69) is 18.7 Å². The van der Waals surface area contributed by atoms with Crippen LogP contribution in [0.3, 0.4) is 0 Å². The van der Waals surface area contributed by atoms with Crippen molar-refractivity contribution in [2.24, 2.45) is 5.92 Å². The third-order valence-corrected chi connectivity index (χ3v) is 4.50. The summed E-state index contributed by atoms with van der Waals surface area (Å²) in [6.45, 7) is 5.39. The summed E-state index contributed by atoms with van der Waals surface area (Å²) in [6, 6.07) is 5.94. The van der Waals surface area contributed by atoms with Crippen LogP contribution in [0.1, 0.15) is 51.5 Å². The number of anilines is 1. The van der Waals surface area contributed by atoms with E-state index < -0.39 is 0 Å². The Kier molecular flexibility index (Phi) is 5.71. The van der Waals surface area contributed by atoms with Gasteiger partial charge in [-0.1, -0.05) is 32.8 Å². The molecule has 1 aromatic rings. The molecule has 3 heteroatoms. The molecule has 0 N–H and O–H groups in total. The maximum absolute atomic E-state index is 14.4. The van der Waals surface area contributed by atoms with E-state index in [9.17, 15) is 4.39 Å². The third-order valence-electron chi connectivity index (χ3n) is 4.19. The fraction of sp³-hybridized carbons (Fsp3) is 0.647. The fourth-order valence-corrected chi connectivity index (χ4v) is 3.15. The molecule has 0 amide bonds. The second-order valence-corrected chi connectivity index (χ2v) is 6.50. The van der Waals surface area contributed by atoms with Crippen LogP contribution in [0.5, 0.6) is 0 Å². The lowest BCUT2D eigenvalue weighted by Crippen LogP contribution is -2.35. The maximum Gasteiger partial charge on any atom is 0.146 e. The number of halogens is 2. The molecule has 0 radical (unpaired) electrons. The van der Waals surface area contributed by atoms with Crippen molar-refractivity contribution in [3.63, 3.8) is 0 Å². The largest absolute Gasteiger partial charge is 0.366 e. The summed E-state index contributed by atoms with van der Waals surface area (Å²) < 4.78 is 14.4. The zero-order valence-electron chi connectivity index (χ0n) is 12.5. The summed E-state index contributed by atoms with van der Waals surface area (Å²) >= 11 is 5.78. The Bertz CT molecular complexity index is 427. The average molecular weight is 298 g/mol. The smallest absolute Gasteiger partial charge is 0.146 e. The lowest BCUT2D eigenvalue weighted by molar-refractivity contribution is 0.517. The number of hydrogen-bond acceptors (Lipinski definition) is 1. The number of benzene rings is 1. The second kappa shape index (κ2) is 7.31. The SMILES string of the molecule is CC(C)CCN(c1ccc(CCl)cc1F)C1CCCC1. The van der Waals surface area contributed by atoms with Gasteiger partial charge in [-0.2, -0.15) is 0 Å². The Balaban J connectivity index is 2.20. The van der Waals surface area contributed by atoms with E-state index in [0.29, 0.717) is 17.8 Å². The molecule has 0 aromatic heterocycles. The van der Waals surface area contributed by atoms with E-state index in [0.717, 1.165) is 24.2 Å². The molecule has 112 valence electrons. The Morgan fingerprint density at radius 1 is 1.30 bits per heavy atom. The Hall–Kier alpha value is -0.760. The van der Waals surface area contributed by atoms with Crippen LogP contribution in [0.4, 0.5) is 10.1 Å². The average Bonchev–Trinajstić information content (AvgIpc) is 2.94. The molecule has 0 aliphatic heterocycles. The monoisotopic (exact) mass is 297 g/mol. The molecule has 0 saturated heterocycles. The van der Waals surface area contributed by atoms with Gasteiger partial charge in [0.25, 0.3) is 0 Å². The Labute approximate surface area is 127 Å². The molecule has 1 saturated carbocycles. The highest BCUT2D eigenvalue weighted by Crippen LogP contribution is 2.31. The van der Waals surface area contributed by atoms with Gasteiger partial charge < -0.3 is 4.90 Å². The number of hydrogen-bond donors (Lipinski definition) is 0. The van der Waals surface area contributed by atoms with E-state index >= 15 is 0 Å². The molecule has 0 heterocycles. The van der Waals surface area contributed by atoms with Crippen LogP contribution in [0.2, 0.25) is 0 Å². The predicted octanol–water partition coefficient (Wildman–Crippen LogP) is 5.36. The molecule has 20 heavy (non-hydrogen) atoms. The van der Waals surface area contributed by atoms with Gasteiger partial charge in [-0.15, -0.1) is 11.6 Å². The van der Waals surface area contributed by atoms with Gasteiger partial charge in [0.05, 0.1) is 5.69 Å². The summed E-state index contributed by atoms with van der Waals surface area (Å²) in [5, 5.41) is 0. The van der Waals surface area contributed by atoms with Gasteiger partial charge in [-0.3, -0.25) is 0 Å². The summed E-state index contributed by atoms with van der Waals surface area (Å²) in [7, 11) is 0. The van der Waals surface area contributed by atoms with Crippen LogP contribution in [0, 0.1) is 11.7 Å². The first-order valence-corrected chi connectivity index (χ1v) is 8.26. The molecule has 0 spiro atoms. The van der Waals surface area contributed by atoms with Crippen molar-refractivity contribution < 1.29 is 4.39 Å². The first-order valence-electron chi connectivity index (χ1n) is 7.73. The number of rotatable bonds is 6. The summed E-state index contributed by atoms with van der Waals surface area (Å²) in [6.07, 6.45) is 6.02. The quantitative estimate of drug-likeness (QED) is 0.639. The first-order chi connectivity index (χ1) is 9.61. The molecular weight excluding hydrogens is 273 g/mol. The standard InChI is InChI=1S/C17H25ClFN/c1-13(2)9-10-20(15-5-3-4-6-15)17-8-7-14(12-18)11-16(17)19/h7-8,11,13,15H,3-6,9-10,12H2,1-2H3. The normalized spacial score (nSPS) is 16.1. The van der Waals surface area contributed by atoms with E-state index in [1.54, 1.807) is 6.07 Å². The molecule has 1 aromatic carbocycles. The van der Waals surface area contributed by atoms with E-state index in [-0.39, 0.29) is 5.82 Å². The zero-order valence-corrected chi connectivity index (χ0v) is 13.3. The van der Waals surface area contributed by atoms with Gasteiger partial charge in [-0.05, 0) is 42.9 Å². The minimum atomic E-state index is -0.126. The third kappa shape index (κ3) is 3.88. The van der Waals surface area contributed by atoms with E-state index in [1.807, 2.05) is 12.1 Å². The molecule has 1 aliphatic rings. The highest BCUT2D eigenvalue weighted by atomic mass is 35.5. The minimum Gasteiger partial charge on any atom is -0.366 e. The molecule has 1 fully saturated rings. The summed E-state index contributed by atoms with van der Waals surface area (Å²) in [5.41, 5.74) is 1.61.